The molecule has 3 rings (SSSR count). The molecule has 118 valence electrons. The van der Waals surface area contributed by atoms with Gasteiger partial charge in [0.15, 0.2) is 0 Å². The standard InChI is InChI=1S/C17H22N2O3/c1-4-16(5-2)10-21-17(22-11-16)6-7-19-14(17)8-12(3)13(9-18)15(19)20/h8H,4-7,10-11H2,1-3H3. The zero-order valence-corrected chi connectivity index (χ0v) is 13.4. The average Bonchev–Trinajstić information content (AvgIpc) is 2.88. The third-order valence-electron chi connectivity index (χ3n) is 5.39. The Morgan fingerprint density at radius 2 is 1.95 bits per heavy atom. The van der Waals surface area contributed by atoms with E-state index in [2.05, 4.69) is 13.8 Å². The molecule has 0 saturated carbocycles. The van der Waals surface area contributed by atoms with Crippen LogP contribution in [0.1, 0.15) is 49.9 Å². The zero-order valence-electron chi connectivity index (χ0n) is 13.4. The van der Waals surface area contributed by atoms with Gasteiger partial charge in [-0.3, -0.25) is 4.79 Å². The van der Waals surface area contributed by atoms with E-state index in [0.717, 1.165) is 18.5 Å². The first kappa shape index (κ1) is 15.3. The molecule has 5 nitrogen and oxygen atoms in total. The van der Waals surface area contributed by atoms with Crippen LogP contribution in [0, 0.1) is 23.7 Å². The summed E-state index contributed by atoms with van der Waals surface area (Å²) in [5.41, 5.74) is 1.50. The number of nitriles is 1. The summed E-state index contributed by atoms with van der Waals surface area (Å²) in [7, 11) is 0. The molecule has 1 fully saturated rings. The van der Waals surface area contributed by atoms with Gasteiger partial charge in [-0.25, -0.2) is 0 Å². The number of hydrogen-bond donors (Lipinski definition) is 0. The fraction of sp³-hybridized carbons (Fsp3) is 0.647. The fourth-order valence-corrected chi connectivity index (χ4v) is 3.40. The minimum Gasteiger partial charge on any atom is -0.344 e. The van der Waals surface area contributed by atoms with Gasteiger partial charge in [0, 0.05) is 18.4 Å². The van der Waals surface area contributed by atoms with E-state index < -0.39 is 5.79 Å². The SMILES string of the molecule is CCC1(CC)COC2(CCn3c2cc(C)c(C#N)c3=O)OC1. The van der Waals surface area contributed by atoms with Crippen LogP contribution >= 0.6 is 0 Å². The molecule has 22 heavy (non-hydrogen) atoms. The highest BCUT2D eigenvalue weighted by Crippen LogP contribution is 2.44. The topological polar surface area (TPSA) is 64.2 Å². The van der Waals surface area contributed by atoms with Crippen LogP contribution in [0.2, 0.25) is 0 Å². The molecule has 1 saturated heterocycles. The third kappa shape index (κ3) is 2.02. The summed E-state index contributed by atoms with van der Waals surface area (Å²) in [5.74, 6) is -0.814. The molecule has 0 atom stereocenters. The van der Waals surface area contributed by atoms with Crippen molar-refractivity contribution in [3.05, 3.63) is 33.2 Å². The van der Waals surface area contributed by atoms with Gasteiger partial charge < -0.3 is 14.0 Å². The minimum absolute atomic E-state index is 0.0700. The van der Waals surface area contributed by atoms with Gasteiger partial charge in [0.05, 0.1) is 18.9 Å². The van der Waals surface area contributed by atoms with Crippen molar-refractivity contribution in [2.75, 3.05) is 13.2 Å². The van der Waals surface area contributed by atoms with Crippen LogP contribution in [-0.4, -0.2) is 17.8 Å². The van der Waals surface area contributed by atoms with Gasteiger partial charge in [0.1, 0.15) is 11.6 Å². The lowest BCUT2D eigenvalue weighted by Crippen LogP contribution is -2.47. The molecule has 0 aromatic carbocycles. The third-order valence-corrected chi connectivity index (χ3v) is 5.39. The van der Waals surface area contributed by atoms with E-state index in [4.69, 9.17) is 14.7 Å². The Morgan fingerprint density at radius 3 is 2.50 bits per heavy atom. The molecule has 0 N–H and O–H groups in total. The van der Waals surface area contributed by atoms with Crippen molar-refractivity contribution in [1.82, 2.24) is 4.57 Å². The average molecular weight is 302 g/mol. The summed E-state index contributed by atoms with van der Waals surface area (Å²) >= 11 is 0. The number of aryl methyl sites for hydroxylation is 1. The number of hydrogen-bond acceptors (Lipinski definition) is 4. The molecule has 0 bridgehead atoms. The van der Waals surface area contributed by atoms with Crippen LogP contribution in [0.3, 0.4) is 0 Å². The molecular formula is C17H22N2O3. The highest BCUT2D eigenvalue weighted by atomic mass is 16.7. The van der Waals surface area contributed by atoms with Crippen molar-refractivity contribution in [3.63, 3.8) is 0 Å². The molecule has 0 radical (unpaired) electrons. The molecule has 1 aromatic heterocycles. The predicted octanol–water partition coefficient (Wildman–Crippen LogP) is 2.44. The van der Waals surface area contributed by atoms with Crippen molar-refractivity contribution < 1.29 is 9.47 Å². The van der Waals surface area contributed by atoms with Crippen LogP contribution in [0.5, 0.6) is 0 Å². The van der Waals surface area contributed by atoms with Crippen molar-refractivity contribution >= 4 is 0 Å². The van der Waals surface area contributed by atoms with Gasteiger partial charge >= 0.3 is 0 Å². The number of nitrogens with zero attached hydrogens (tertiary/aromatic N) is 2. The van der Waals surface area contributed by atoms with Crippen LogP contribution < -0.4 is 5.56 Å². The molecule has 5 heteroatoms. The van der Waals surface area contributed by atoms with Gasteiger partial charge in [-0.1, -0.05) is 13.8 Å². The van der Waals surface area contributed by atoms with Crippen LogP contribution in [-0.2, 0) is 21.8 Å². The lowest BCUT2D eigenvalue weighted by atomic mass is 9.83. The van der Waals surface area contributed by atoms with Gasteiger partial charge in [0.2, 0.25) is 5.79 Å². The molecule has 0 unspecified atom stereocenters. The Bertz CT molecular complexity index is 685. The van der Waals surface area contributed by atoms with Gasteiger partial charge in [-0.2, -0.15) is 5.26 Å². The zero-order chi connectivity index (χ0) is 16.0. The Kier molecular flexibility index (Phi) is 3.62. The van der Waals surface area contributed by atoms with Crippen molar-refractivity contribution in [1.29, 1.82) is 5.26 Å². The minimum atomic E-state index is -0.814. The van der Waals surface area contributed by atoms with Gasteiger partial charge in [0.25, 0.3) is 5.56 Å². The second-order valence-electron chi connectivity index (χ2n) is 6.44. The second kappa shape index (κ2) is 5.22. The fourth-order valence-electron chi connectivity index (χ4n) is 3.40. The highest BCUT2D eigenvalue weighted by molar-refractivity contribution is 5.38. The maximum atomic E-state index is 12.4. The quantitative estimate of drug-likeness (QED) is 0.841. The number of fused-ring (bicyclic) bond motifs is 2. The first-order chi connectivity index (χ1) is 10.5. The number of rotatable bonds is 2. The molecule has 0 amide bonds. The van der Waals surface area contributed by atoms with E-state index in [9.17, 15) is 4.79 Å². The Hall–Kier alpha value is -1.64. The molecule has 2 aliphatic rings. The largest absolute Gasteiger partial charge is 0.344 e. The summed E-state index contributed by atoms with van der Waals surface area (Å²) in [6.45, 7) is 7.93. The van der Waals surface area contributed by atoms with E-state index in [1.54, 1.807) is 11.5 Å². The maximum Gasteiger partial charge on any atom is 0.269 e. The Morgan fingerprint density at radius 1 is 1.32 bits per heavy atom. The second-order valence-corrected chi connectivity index (χ2v) is 6.44. The lowest BCUT2D eigenvalue weighted by Gasteiger charge is -2.44. The number of aromatic nitrogens is 1. The van der Waals surface area contributed by atoms with E-state index in [1.807, 2.05) is 12.1 Å². The van der Waals surface area contributed by atoms with Crippen molar-refractivity contribution in [2.24, 2.45) is 5.41 Å². The van der Waals surface area contributed by atoms with E-state index in [1.165, 1.54) is 0 Å². The molecule has 1 spiro atoms. The molecule has 3 heterocycles. The Balaban J connectivity index is 2.00. The smallest absolute Gasteiger partial charge is 0.269 e. The maximum absolute atomic E-state index is 12.4. The van der Waals surface area contributed by atoms with Crippen LogP contribution in [0.4, 0.5) is 0 Å². The molecule has 1 aromatic rings. The van der Waals surface area contributed by atoms with E-state index in [-0.39, 0.29) is 16.5 Å². The van der Waals surface area contributed by atoms with Crippen LogP contribution in [0.25, 0.3) is 0 Å². The summed E-state index contributed by atoms with van der Waals surface area (Å²) in [6, 6.07) is 3.87. The van der Waals surface area contributed by atoms with Gasteiger partial charge in [-0.15, -0.1) is 0 Å². The summed E-state index contributed by atoms with van der Waals surface area (Å²) < 4.78 is 14.0. The predicted molar refractivity (Wildman–Crippen MR) is 81.4 cm³/mol. The van der Waals surface area contributed by atoms with Gasteiger partial charge in [-0.05, 0) is 31.4 Å². The molecule has 0 aliphatic carbocycles. The van der Waals surface area contributed by atoms with Crippen molar-refractivity contribution in [2.45, 2.75) is 52.4 Å². The number of ether oxygens (including phenoxy) is 2. The summed E-state index contributed by atoms with van der Waals surface area (Å²) in [6.07, 6.45) is 2.65. The van der Waals surface area contributed by atoms with Crippen LogP contribution in [0.15, 0.2) is 10.9 Å². The molecular weight excluding hydrogens is 280 g/mol. The number of pyridine rings is 1. The first-order valence-corrected chi connectivity index (χ1v) is 7.94. The molecule has 2 aliphatic heterocycles. The lowest BCUT2D eigenvalue weighted by molar-refractivity contribution is -0.313. The first-order valence-electron chi connectivity index (χ1n) is 7.94. The monoisotopic (exact) mass is 302 g/mol. The summed E-state index contributed by atoms with van der Waals surface area (Å²) in [5, 5.41) is 9.14. The normalized spacial score (nSPS) is 21.5. The van der Waals surface area contributed by atoms with E-state index >= 15 is 0 Å². The Labute approximate surface area is 130 Å². The summed E-state index contributed by atoms with van der Waals surface area (Å²) in [4.78, 5) is 12.4. The van der Waals surface area contributed by atoms with E-state index in [0.29, 0.717) is 31.7 Å². The highest BCUT2D eigenvalue weighted by Gasteiger charge is 2.49. The van der Waals surface area contributed by atoms with Crippen molar-refractivity contribution in [3.8, 4) is 6.07 Å².